The van der Waals surface area contributed by atoms with Gasteiger partial charge in [-0.15, -0.1) is 8.80 Å². The molecule has 0 atom stereocenters. The van der Waals surface area contributed by atoms with Crippen LogP contribution in [0.2, 0.25) is 0 Å². The zero-order chi connectivity index (χ0) is 15.3. The highest BCUT2D eigenvalue weighted by molar-refractivity contribution is 7.88. The minimum absolute atomic E-state index is 0.166. The van der Waals surface area contributed by atoms with Gasteiger partial charge in [0.05, 0.1) is 11.1 Å². The Morgan fingerprint density at radius 2 is 1.00 bits per heavy atom. The molecule has 0 amide bonds. The molecule has 2 heterocycles. The molecule has 0 aliphatic carbocycles. The second-order valence-corrected chi connectivity index (χ2v) is 6.36. The van der Waals surface area contributed by atoms with Crippen molar-refractivity contribution < 1.29 is 16.8 Å². The van der Waals surface area contributed by atoms with Gasteiger partial charge in [0.15, 0.2) is 0 Å². The summed E-state index contributed by atoms with van der Waals surface area (Å²) in [6.45, 7) is 0. The average molecular weight is 322 g/mol. The quantitative estimate of drug-likeness (QED) is 0.276. The zero-order valence-electron chi connectivity index (χ0n) is 9.65. The Bertz CT molecular complexity index is 745. The molecule has 110 valence electrons. The number of nitrogens with one attached hydrogen (secondary N) is 2. The van der Waals surface area contributed by atoms with Gasteiger partial charge < -0.3 is 22.9 Å². The van der Waals surface area contributed by atoms with Crippen molar-refractivity contribution in [2.24, 2.45) is 31.7 Å². The molecule has 2 aliphatic rings. The lowest BCUT2D eigenvalue weighted by molar-refractivity contribution is 0.586. The molecule has 12 nitrogen and oxygen atoms in total. The summed E-state index contributed by atoms with van der Waals surface area (Å²) in [4.78, 5) is 0. The molecule has 0 bridgehead atoms. The van der Waals surface area contributed by atoms with Gasteiger partial charge in [-0.25, -0.2) is 0 Å². The summed E-state index contributed by atoms with van der Waals surface area (Å²) in [6.07, 6.45) is 0. The van der Waals surface area contributed by atoms with Crippen LogP contribution in [0, 0.1) is 0 Å². The van der Waals surface area contributed by atoms with Crippen LogP contribution in [0.25, 0.3) is 0 Å². The zero-order valence-corrected chi connectivity index (χ0v) is 11.3. The smallest absolute Gasteiger partial charge is 0.345 e. The predicted molar refractivity (Wildman–Crippen MR) is 69.8 cm³/mol. The van der Waals surface area contributed by atoms with E-state index in [1.54, 1.807) is 0 Å². The number of nitrogens with zero attached hydrogens (tertiary/aromatic N) is 2. The molecule has 0 aromatic rings. The summed E-state index contributed by atoms with van der Waals surface area (Å²) in [5, 5.41) is 0. The molecule has 2 aliphatic heterocycles. The fraction of sp³-hybridized carbons (Fsp3) is 0. The lowest BCUT2D eigenvalue weighted by atomic mass is 10.0. The molecule has 0 radical (unpaired) electrons. The molecular weight excluding hydrogens is 312 g/mol. The summed E-state index contributed by atoms with van der Waals surface area (Å²) in [5.74, 6) is -1.82. The van der Waals surface area contributed by atoms with E-state index in [0.29, 0.717) is 0 Å². The van der Waals surface area contributed by atoms with Gasteiger partial charge in [-0.2, -0.15) is 16.8 Å². The molecule has 0 fully saturated rings. The van der Waals surface area contributed by atoms with Crippen molar-refractivity contribution in [3.8, 4) is 0 Å². The van der Waals surface area contributed by atoms with Crippen LogP contribution in [0.4, 0.5) is 0 Å². The van der Waals surface area contributed by atoms with E-state index in [1.807, 2.05) is 9.44 Å². The van der Waals surface area contributed by atoms with Crippen LogP contribution in [-0.2, 0) is 20.4 Å². The van der Waals surface area contributed by atoms with Gasteiger partial charge in [0.1, 0.15) is 23.3 Å². The topological polar surface area (TPSA) is 221 Å². The van der Waals surface area contributed by atoms with Gasteiger partial charge in [0.25, 0.3) is 0 Å². The average Bonchev–Trinajstić information content (AvgIpc) is 2.17. The molecule has 0 saturated carbocycles. The second-order valence-electron chi connectivity index (χ2n) is 3.68. The minimum Gasteiger partial charge on any atom is -0.384 e. The molecule has 0 saturated heterocycles. The highest BCUT2D eigenvalue weighted by Gasteiger charge is 2.32. The van der Waals surface area contributed by atoms with Crippen LogP contribution in [-0.4, -0.2) is 28.5 Å². The molecule has 2 rings (SSSR count). The lowest BCUT2D eigenvalue weighted by Crippen LogP contribution is -2.43. The first-order valence-corrected chi connectivity index (χ1v) is 7.67. The Hall–Kier alpha value is -2.48. The normalized spacial score (nSPS) is 24.4. The van der Waals surface area contributed by atoms with Crippen molar-refractivity contribution in [1.82, 2.24) is 9.44 Å². The molecule has 0 aromatic carbocycles. The van der Waals surface area contributed by atoms with E-state index in [9.17, 15) is 16.8 Å². The van der Waals surface area contributed by atoms with Crippen molar-refractivity contribution in [2.75, 3.05) is 0 Å². The number of hydrogen-bond acceptors (Lipinski definition) is 8. The van der Waals surface area contributed by atoms with Crippen molar-refractivity contribution in [2.45, 2.75) is 0 Å². The molecule has 10 N–H and O–H groups in total. The van der Waals surface area contributed by atoms with Crippen LogP contribution in [0.3, 0.4) is 0 Å². The van der Waals surface area contributed by atoms with E-state index in [-0.39, 0.29) is 11.1 Å². The number of nitrogens with two attached hydrogens (primary N) is 4. The first-order valence-electron chi connectivity index (χ1n) is 4.79. The van der Waals surface area contributed by atoms with Crippen molar-refractivity contribution in [3.63, 3.8) is 0 Å². The van der Waals surface area contributed by atoms with E-state index in [0.717, 1.165) is 0 Å². The largest absolute Gasteiger partial charge is 0.384 e. The minimum atomic E-state index is -4.06. The summed E-state index contributed by atoms with van der Waals surface area (Å²) < 4.78 is 55.1. The van der Waals surface area contributed by atoms with E-state index in [4.69, 9.17) is 22.9 Å². The maximum Gasteiger partial charge on any atom is 0.345 e. The third-order valence-electron chi connectivity index (χ3n) is 2.22. The summed E-state index contributed by atoms with van der Waals surface area (Å²) in [5.41, 5.74) is 21.7. The molecule has 0 spiro atoms. The maximum absolute atomic E-state index is 11.3. The van der Waals surface area contributed by atoms with Crippen LogP contribution >= 0.6 is 0 Å². The number of hydrogen-bond donors (Lipinski definition) is 6. The number of amidine groups is 2. The SMILES string of the molecule is NC1=NS(=O)(=O)NC(N)=C1C1=C(N)NS(=O)(=O)N=C1N. The molecule has 14 heteroatoms. The Morgan fingerprint density at radius 3 is 1.25 bits per heavy atom. The van der Waals surface area contributed by atoms with E-state index in [1.165, 1.54) is 0 Å². The Kier molecular flexibility index (Phi) is 2.79. The monoisotopic (exact) mass is 322 g/mol. The predicted octanol–water partition coefficient (Wildman–Crippen LogP) is -4.26. The van der Waals surface area contributed by atoms with Gasteiger partial charge in [0.2, 0.25) is 0 Å². The van der Waals surface area contributed by atoms with Gasteiger partial charge in [-0.3, -0.25) is 9.44 Å². The van der Waals surface area contributed by atoms with Gasteiger partial charge >= 0.3 is 20.4 Å². The molecule has 20 heavy (non-hydrogen) atoms. The fourth-order valence-electron chi connectivity index (χ4n) is 1.58. The van der Waals surface area contributed by atoms with Crippen molar-refractivity contribution in [3.05, 3.63) is 22.8 Å². The molecule has 0 aromatic heterocycles. The highest BCUT2D eigenvalue weighted by atomic mass is 32.2. The van der Waals surface area contributed by atoms with E-state index < -0.39 is 43.7 Å². The summed E-state index contributed by atoms with van der Waals surface area (Å²) >= 11 is 0. The number of rotatable bonds is 1. The Morgan fingerprint density at radius 1 is 0.700 bits per heavy atom. The van der Waals surface area contributed by atoms with Gasteiger partial charge in [-0.1, -0.05) is 0 Å². The third-order valence-corrected chi connectivity index (χ3v) is 4.05. The Balaban J connectivity index is 2.65. The van der Waals surface area contributed by atoms with Crippen LogP contribution in [0.1, 0.15) is 0 Å². The van der Waals surface area contributed by atoms with Crippen molar-refractivity contribution >= 4 is 32.1 Å². The van der Waals surface area contributed by atoms with Crippen molar-refractivity contribution in [1.29, 1.82) is 0 Å². The van der Waals surface area contributed by atoms with Crippen LogP contribution in [0.5, 0.6) is 0 Å². The lowest BCUT2D eigenvalue weighted by Gasteiger charge is -2.22. The highest BCUT2D eigenvalue weighted by Crippen LogP contribution is 2.21. The molecular formula is C6H10N8O4S2. The summed E-state index contributed by atoms with van der Waals surface area (Å²) in [6, 6.07) is 0. The first kappa shape index (κ1) is 13.9. The first-order chi connectivity index (χ1) is 9.02. The maximum atomic E-state index is 11.3. The van der Waals surface area contributed by atoms with Crippen LogP contribution < -0.4 is 32.4 Å². The molecule has 0 unspecified atom stereocenters. The summed E-state index contributed by atoms with van der Waals surface area (Å²) in [7, 11) is -8.13. The van der Waals surface area contributed by atoms with Crippen LogP contribution in [0.15, 0.2) is 31.6 Å². The van der Waals surface area contributed by atoms with E-state index in [2.05, 4.69) is 8.80 Å². The fourth-order valence-corrected chi connectivity index (χ4v) is 3.13. The van der Waals surface area contributed by atoms with Gasteiger partial charge in [0, 0.05) is 0 Å². The second kappa shape index (κ2) is 4.01. The van der Waals surface area contributed by atoms with E-state index >= 15 is 0 Å². The Labute approximate surface area is 113 Å². The standard InChI is InChI=1S/C6H10N8O4S2/c7-3-1(4(8)12-19(15,16)11-3)2-5(9)13-20(17,18)14-6(2)10/h11,13H,7,9H2,(H2,8,12)(H2,10,14). The third kappa shape index (κ3) is 2.32. The van der Waals surface area contributed by atoms with Gasteiger partial charge in [-0.05, 0) is 0 Å².